The van der Waals surface area contributed by atoms with Crippen LogP contribution in [0.3, 0.4) is 0 Å². The third-order valence-corrected chi connectivity index (χ3v) is 5.12. The molecule has 2 aromatic carbocycles. The fourth-order valence-corrected chi connectivity index (χ4v) is 3.71. The highest BCUT2D eigenvalue weighted by Crippen LogP contribution is 2.33. The van der Waals surface area contributed by atoms with Gasteiger partial charge < -0.3 is 15.2 Å². The van der Waals surface area contributed by atoms with Gasteiger partial charge in [-0.25, -0.2) is 0 Å². The number of carbonyl (C=O) groups excluding carboxylic acids is 2. The summed E-state index contributed by atoms with van der Waals surface area (Å²) >= 11 is 6.27. The largest absolute Gasteiger partial charge is 0.480 e. The summed E-state index contributed by atoms with van der Waals surface area (Å²) in [6.45, 7) is -0.843. The molecule has 2 N–H and O–H groups in total. The first-order chi connectivity index (χ1) is 13.9. The molecule has 1 aliphatic rings. The zero-order valence-electron chi connectivity index (χ0n) is 15.0. The Hall–Kier alpha value is -3.17. The number of nitrogens with zero attached hydrogens (tertiary/aromatic N) is 1. The van der Waals surface area contributed by atoms with E-state index in [1.165, 1.54) is 0 Å². The van der Waals surface area contributed by atoms with E-state index in [4.69, 9.17) is 22.1 Å². The molecule has 1 fully saturated rings. The average molecular weight is 428 g/mol. The van der Waals surface area contributed by atoms with E-state index in [-0.39, 0.29) is 10.9 Å². The summed E-state index contributed by atoms with van der Waals surface area (Å²) in [5, 5.41) is 10.8. The number of carboxylic acid groups (broad SMARTS) is 1. The Kier molecular flexibility index (Phi) is 6.63. The SMILES string of the molecule is O=C(O)CNC(=O)CN1C(=O)/C(=C/c2cccc(Oc3ccccc3)c2)SC1=S. The summed E-state index contributed by atoms with van der Waals surface area (Å²) < 4.78 is 6.03. The van der Waals surface area contributed by atoms with Crippen LogP contribution >= 0.6 is 24.0 Å². The zero-order valence-corrected chi connectivity index (χ0v) is 16.7. The molecule has 0 aliphatic carbocycles. The molecule has 3 rings (SSSR count). The molecule has 0 unspecified atom stereocenters. The van der Waals surface area contributed by atoms with Crippen LogP contribution in [0.2, 0.25) is 0 Å². The van der Waals surface area contributed by atoms with Crippen LogP contribution in [0.25, 0.3) is 6.08 Å². The van der Waals surface area contributed by atoms with E-state index in [0.717, 1.165) is 22.2 Å². The van der Waals surface area contributed by atoms with E-state index in [0.29, 0.717) is 16.4 Å². The minimum absolute atomic E-state index is 0.239. The number of hydrogen-bond acceptors (Lipinski definition) is 6. The van der Waals surface area contributed by atoms with E-state index >= 15 is 0 Å². The Labute approximate surface area is 176 Å². The van der Waals surface area contributed by atoms with Crippen LogP contribution in [0.4, 0.5) is 0 Å². The molecule has 1 heterocycles. The van der Waals surface area contributed by atoms with Crippen molar-refractivity contribution in [2.75, 3.05) is 13.1 Å². The first kappa shape index (κ1) is 20.6. The molecule has 1 saturated heterocycles. The van der Waals surface area contributed by atoms with Gasteiger partial charge in [0.25, 0.3) is 5.91 Å². The molecule has 0 bridgehead atoms. The standard InChI is InChI=1S/C20H16N2O5S2/c23-17(21-11-18(24)25)12-22-19(26)16(29-20(22)28)10-13-5-4-8-15(9-13)27-14-6-2-1-3-7-14/h1-10H,11-12H2,(H,21,23)(H,24,25)/b16-10-. The predicted octanol–water partition coefficient (Wildman–Crippen LogP) is 2.88. The van der Waals surface area contributed by atoms with Crippen molar-refractivity contribution in [3.63, 3.8) is 0 Å². The van der Waals surface area contributed by atoms with Crippen LogP contribution in [0.1, 0.15) is 5.56 Å². The summed E-state index contributed by atoms with van der Waals surface area (Å²) in [6.07, 6.45) is 1.67. The van der Waals surface area contributed by atoms with Crippen molar-refractivity contribution in [1.29, 1.82) is 0 Å². The molecular weight excluding hydrogens is 412 g/mol. The van der Waals surface area contributed by atoms with Gasteiger partial charge in [0.1, 0.15) is 28.9 Å². The van der Waals surface area contributed by atoms with Gasteiger partial charge in [0.15, 0.2) is 0 Å². The third-order valence-electron chi connectivity index (χ3n) is 3.75. The van der Waals surface area contributed by atoms with Crippen LogP contribution in [-0.4, -0.2) is 45.2 Å². The second kappa shape index (κ2) is 9.35. The Bertz CT molecular complexity index is 991. The van der Waals surface area contributed by atoms with Gasteiger partial charge in [-0.2, -0.15) is 0 Å². The summed E-state index contributed by atoms with van der Waals surface area (Å²) in [5.74, 6) is -0.846. The third kappa shape index (κ3) is 5.66. The van der Waals surface area contributed by atoms with Crippen molar-refractivity contribution in [1.82, 2.24) is 10.2 Å². The number of ether oxygens (including phenoxy) is 1. The quantitative estimate of drug-likeness (QED) is 0.517. The van der Waals surface area contributed by atoms with Crippen LogP contribution in [0, 0.1) is 0 Å². The number of carbonyl (C=O) groups is 3. The number of hydrogen-bond donors (Lipinski definition) is 2. The molecule has 0 saturated carbocycles. The van der Waals surface area contributed by atoms with E-state index in [1.54, 1.807) is 12.1 Å². The highest BCUT2D eigenvalue weighted by atomic mass is 32.2. The van der Waals surface area contributed by atoms with Crippen molar-refractivity contribution < 1.29 is 24.2 Å². The van der Waals surface area contributed by atoms with Crippen molar-refractivity contribution in [3.8, 4) is 11.5 Å². The molecule has 9 heteroatoms. The minimum Gasteiger partial charge on any atom is -0.480 e. The van der Waals surface area contributed by atoms with Gasteiger partial charge in [-0.15, -0.1) is 0 Å². The number of thioether (sulfide) groups is 1. The summed E-state index contributed by atoms with van der Waals surface area (Å²) in [5.41, 5.74) is 0.745. The lowest BCUT2D eigenvalue weighted by molar-refractivity contribution is -0.138. The molecule has 148 valence electrons. The van der Waals surface area contributed by atoms with Gasteiger partial charge in [0.2, 0.25) is 5.91 Å². The van der Waals surface area contributed by atoms with Crippen LogP contribution in [0.5, 0.6) is 11.5 Å². The number of rotatable bonds is 7. The van der Waals surface area contributed by atoms with Gasteiger partial charge in [-0.05, 0) is 35.9 Å². The van der Waals surface area contributed by atoms with Crippen molar-refractivity contribution in [2.45, 2.75) is 0 Å². The smallest absolute Gasteiger partial charge is 0.322 e. The van der Waals surface area contributed by atoms with Gasteiger partial charge in [0, 0.05) is 0 Å². The zero-order chi connectivity index (χ0) is 20.8. The highest BCUT2D eigenvalue weighted by Gasteiger charge is 2.33. The lowest BCUT2D eigenvalue weighted by Gasteiger charge is -2.13. The maximum absolute atomic E-state index is 12.6. The van der Waals surface area contributed by atoms with Crippen molar-refractivity contribution in [3.05, 3.63) is 65.1 Å². The van der Waals surface area contributed by atoms with Crippen LogP contribution in [-0.2, 0) is 14.4 Å². The van der Waals surface area contributed by atoms with E-state index in [9.17, 15) is 14.4 Å². The molecule has 0 spiro atoms. The number of amides is 2. The lowest BCUT2D eigenvalue weighted by atomic mass is 10.2. The highest BCUT2D eigenvalue weighted by molar-refractivity contribution is 8.26. The fourth-order valence-electron chi connectivity index (χ4n) is 2.45. The summed E-state index contributed by atoms with van der Waals surface area (Å²) in [4.78, 5) is 36.4. The first-order valence-corrected chi connectivity index (χ1v) is 9.71. The molecule has 29 heavy (non-hydrogen) atoms. The second-order valence-electron chi connectivity index (χ2n) is 5.93. The summed E-state index contributed by atoms with van der Waals surface area (Å²) in [7, 11) is 0. The number of thiocarbonyl (C=S) groups is 1. The van der Waals surface area contributed by atoms with Crippen molar-refractivity contribution in [2.24, 2.45) is 0 Å². The average Bonchev–Trinajstić information content (AvgIpc) is 2.95. The van der Waals surface area contributed by atoms with Gasteiger partial charge in [0.05, 0.1) is 4.91 Å². The van der Waals surface area contributed by atoms with E-state index in [1.807, 2.05) is 48.5 Å². The van der Waals surface area contributed by atoms with Gasteiger partial charge in [-0.3, -0.25) is 19.3 Å². The molecular formula is C20H16N2O5S2. The van der Waals surface area contributed by atoms with E-state index in [2.05, 4.69) is 5.32 Å². The van der Waals surface area contributed by atoms with Gasteiger partial charge >= 0.3 is 5.97 Å². The maximum Gasteiger partial charge on any atom is 0.322 e. The Morgan fingerprint density at radius 2 is 1.86 bits per heavy atom. The first-order valence-electron chi connectivity index (χ1n) is 8.49. The molecule has 7 nitrogen and oxygen atoms in total. The number of aliphatic carboxylic acids is 1. The lowest BCUT2D eigenvalue weighted by Crippen LogP contribution is -2.41. The second-order valence-corrected chi connectivity index (χ2v) is 7.60. The molecule has 0 radical (unpaired) electrons. The summed E-state index contributed by atoms with van der Waals surface area (Å²) in [6, 6.07) is 16.6. The molecule has 0 atom stereocenters. The van der Waals surface area contributed by atoms with Crippen LogP contribution in [0.15, 0.2) is 59.5 Å². The Morgan fingerprint density at radius 3 is 2.59 bits per heavy atom. The number of carboxylic acids is 1. The molecule has 2 amide bonds. The number of nitrogens with one attached hydrogen (secondary N) is 1. The Balaban J connectivity index is 1.70. The topological polar surface area (TPSA) is 95.9 Å². The monoisotopic (exact) mass is 428 g/mol. The Morgan fingerprint density at radius 1 is 1.14 bits per heavy atom. The predicted molar refractivity (Wildman–Crippen MR) is 113 cm³/mol. The fraction of sp³-hybridized carbons (Fsp3) is 0.100. The van der Waals surface area contributed by atoms with Gasteiger partial charge in [-0.1, -0.05) is 54.3 Å². The maximum atomic E-state index is 12.6. The number of benzene rings is 2. The molecule has 0 aromatic heterocycles. The van der Waals surface area contributed by atoms with Crippen molar-refractivity contribution >= 4 is 52.2 Å². The normalized spacial score (nSPS) is 14.9. The van der Waals surface area contributed by atoms with E-state index < -0.39 is 24.3 Å². The number of para-hydroxylation sites is 1. The molecule has 1 aliphatic heterocycles. The van der Waals surface area contributed by atoms with Crippen LogP contribution < -0.4 is 10.1 Å². The molecule has 2 aromatic rings. The minimum atomic E-state index is -1.17.